The van der Waals surface area contributed by atoms with Crippen molar-refractivity contribution in [2.45, 2.75) is 46.8 Å². The summed E-state index contributed by atoms with van der Waals surface area (Å²) < 4.78 is 5.62. The molecule has 1 N–H and O–H groups in total. The van der Waals surface area contributed by atoms with E-state index in [9.17, 15) is 0 Å². The molecule has 0 fully saturated rings. The van der Waals surface area contributed by atoms with Crippen molar-refractivity contribution in [3.8, 4) is 0 Å². The summed E-state index contributed by atoms with van der Waals surface area (Å²) in [5.74, 6) is 0.624. The fourth-order valence-electron chi connectivity index (χ4n) is 1.59. The highest BCUT2D eigenvalue weighted by atomic mass is 16.5. The summed E-state index contributed by atoms with van der Waals surface area (Å²) in [5.41, 5.74) is 3.64. The summed E-state index contributed by atoms with van der Waals surface area (Å²) in [5, 5.41) is 3.21. The van der Waals surface area contributed by atoms with E-state index in [0.29, 0.717) is 5.88 Å². The summed E-state index contributed by atoms with van der Waals surface area (Å²) in [6.45, 7) is 14.9. The molecule has 1 aromatic carbocycles. The van der Waals surface area contributed by atoms with E-state index in [2.05, 4.69) is 43.9 Å². The van der Waals surface area contributed by atoms with Gasteiger partial charge in [-0.1, -0.05) is 23.8 Å². The molecule has 0 unspecified atom stereocenters. The molecule has 0 radical (unpaired) electrons. The molecule has 17 heavy (non-hydrogen) atoms. The third-order valence-corrected chi connectivity index (χ3v) is 2.41. The number of benzene rings is 1. The van der Waals surface area contributed by atoms with Crippen molar-refractivity contribution in [2.24, 2.45) is 0 Å². The molecule has 0 aliphatic rings. The SMILES string of the molecule is C=C(NCc1cc(C)ccc1C)OC(C)(C)C. The zero-order valence-corrected chi connectivity index (χ0v) is 11.6. The van der Waals surface area contributed by atoms with Gasteiger partial charge >= 0.3 is 0 Å². The van der Waals surface area contributed by atoms with Crippen molar-refractivity contribution in [1.29, 1.82) is 0 Å². The minimum Gasteiger partial charge on any atom is -0.474 e. The van der Waals surface area contributed by atoms with E-state index in [4.69, 9.17) is 4.74 Å². The maximum atomic E-state index is 5.62. The lowest BCUT2D eigenvalue weighted by Gasteiger charge is -2.23. The second kappa shape index (κ2) is 5.26. The van der Waals surface area contributed by atoms with Crippen LogP contribution in [0.4, 0.5) is 0 Å². The van der Waals surface area contributed by atoms with E-state index in [0.717, 1.165) is 6.54 Å². The largest absolute Gasteiger partial charge is 0.474 e. The van der Waals surface area contributed by atoms with Gasteiger partial charge in [0.05, 0.1) is 0 Å². The van der Waals surface area contributed by atoms with Gasteiger partial charge in [-0.2, -0.15) is 0 Å². The van der Waals surface area contributed by atoms with Gasteiger partial charge in [0, 0.05) is 6.54 Å². The van der Waals surface area contributed by atoms with Gasteiger partial charge in [0.15, 0.2) is 5.88 Å². The maximum absolute atomic E-state index is 5.62. The van der Waals surface area contributed by atoms with Gasteiger partial charge < -0.3 is 10.1 Å². The second-order valence-electron chi connectivity index (χ2n) is 5.42. The molecule has 0 bridgehead atoms. The van der Waals surface area contributed by atoms with Crippen molar-refractivity contribution in [3.63, 3.8) is 0 Å². The van der Waals surface area contributed by atoms with Crippen molar-refractivity contribution in [2.75, 3.05) is 0 Å². The van der Waals surface area contributed by atoms with E-state index >= 15 is 0 Å². The Hall–Kier alpha value is -1.44. The third-order valence-electron chi connectivity index (χ3n) is 2.41. The molecule has 0 amide bonds. The molecule has 0 saturated carbocycles. The van der Waals surface area contributed by atoms with Crippen LogP contribution in [0.2, 0.25) is 0 Å². The van der Waals surface area contributed by atoms with Gasteiger partial charge in [-0.15, -0.1) is 0 Å². The van der Waals surface area contributed by atoms with Crippen LogP contribution >= 0.6 is 0 Å². The molecule has 1 rings (SSSR count). The smallest absolute Gasteiger partial charge is 0.180 e. The average molecular weight is 233 g/mol. The van der Waals surface area contributed by atoms with Crippen LogP contribution in [0.25, 0.3) is 0 Å². The Labute approximate surface area is 105 Å². The van der Waals surface area contributed by atoms with Gasteiger partial charge in [-0.05, 0) is 52.3 Å². The molecule has 0 heterocycles. The van der Waals surface area contributed by atoms with Crippen molar-refractivity contribution < 1.29 is 4.74 Å². The van der Waals surface area contributed by atoms with E-state index in [1.807, 2.05) is 20.8 Å². The molecular weight excluding hydrogens is 210 g/mol. The lowest BCUT2D eigenvalue weighted by molar-refractivity contribution is 0.0410. The molecule has 0 spiro atoms. The number of hydrogen-bond acceptors (Lipinski definition) is 2. The molecule has 0 aromatic heterocycles. The number of rotatable bonds is 4. The predicted octanol–water partition coefficient (Wildman–Crippen LogP) is 3.68. The first kappa shape index (κ1) is 13.6. The summed E-state index contributed by atoms with van der Waals surface area (Å²) in [7, 11) is 0. The minimum atomic E-state index is -0.203. The van der Waals surface area contributed by atoms with Crippen LogP contribution < -0.4 is 5.32 Å². The van der Waals surface area contributed by atoms with E-state index in [1.54, 1.807) is 0 Å². The molecule has 0 saturated heterocycles. The Bertz CT molecular complexity index is 402. The van der Waals surface area contributed by atoms with Gasteiger partial charge in [0.2, 0.25) is 0 Å². The monoisotopic (exact) mass is 233 g/mol. The Balaban J connectivity index is 2.56. The molecule has 1 aromatic rings. The third kappa shape index (κ3) is 4.94. The van der Waals surface area contributed by atoms with Crippen LogP contribution in [0, 0.1) is 13.8 Å². The molecule has 2 heteroatoms. The minimum absolute atomic E-state index is 0.203. The average Bonchev–Trinajstić information content (AvgIpc) is 2.17. The quantitative estimate of drug-likeness (QED) is 0.801. The van der Waals surface area contributed by atoms with Crippen LogP contribution in [0.5, 0.6) is 0 Å². The highest BCUT2D eigenvalue weighted by Gasteiger charge is 2.12. The highest BCUT2D eigenvalue weighted by Crippen LogP contribution is 2.13. The number of nitrogens with one attached hydrogen (secondary N) is 1. The van der Waals surface area contributed by atoms with Gasteiger partial charge in [0.25, 0.3) is 0 Å². The van der Waals surface area contributed by atoms with Gasteiger partial charge in [0.1, 0.15) is 5.60 Å². The second-order valence-corrected chi connectivity index (χ2v) is 5.42. The van der Waals surface area contributed by atoms with Crippen molar-refractivity contribution in [3.05, 3.63) is 47.4 Å². The standard InChI is InChI=1S/C15H23NO/c1-11-7-8-12(2)14(9-11)10-16-13(3)17-15(4,5)6/h7-9,16H,3,10H2,1-2,4-6H3. The molecule has 0 aliphatic heterocycles. The fraction of sp³-hybridized carbons (Fsp3) is 0.467. The zero-order chi connectivity index (χ0) is 13.1. The first-order valence-electron chi connectivity index (χ1n) is 5.96. The first-order chi connectivity index (χ1) is 7.78. The van der Waals surface area contributed by atoms with E-state index < -0.39 is 0 Å². The zero-order valence-electron chi connectivity index (χ0n) is 11.6. The summed E-state index contributed by atoms with van der Waals surface area (Å²) >= 11 is 0. The van der Waals surface area contributed by atoms with Crippen molar-refractivity contribution >= 4 is 0 Å². The Morgan fingerprint density at radius 3 is 2.53 bits per heavy atom. The van der Waals surface area contributed by atoms with Gasteiger partial charge in [-0.3, -0.25) is 0 Å². The number of aryl methyl sites for hydroxylation is 2. The maximum Gasteiger partial charge on any atom is 0.180 e. The summed E-state index contributed by atoms with van der Waals surface area (Å²) in [4.78, 5) is 0. The van der Waals surface area contributed by atoms with Crippen molar-refractivity contribution in [1.82, 2.24) is 5.32 Å². The molecule has 2 nitrogen and oxygen atoms in total. The Morgan fingerprint density at radius 1 is 1.29 bits per heavy atom. The van der Waals surface area contributed by atoms with Crippen LogP contribution in [0.1, 0.15) is 37.5 Å². The molecule has 0 aliphatic carbocycles. The Morgan fingerprint density at radius 2 is 1.94 bits per heavy atom. The van der Waals surface area contributed by atoms with Crippen LogP contribution in [-0.4, -0.2) is 5.60 Å². The summed E-state index contributed by atoms with van der Waals surface area (Å²) in [6.07, 6.45) is 0. The topological polar surface area (TPSA) is 21.3 Å². The fourth-order valence-corrected chi connectivity index (χ4v) is 1.59. The van der Waals surface area contributed by atoms with Crippen LogP contribution in [0.15, 0.2) is 30.7 Å². The molecular formula is C15H23NO. The van der Waals surface area contributed by atoms with Crippen LogP contribution in [-0.2, 0) is 11.3 Å². The van der Waals surface area contributed by atoms with Gasteiger partial charge in [-0.25, -0.2) is 0 Å². The van der Waals surface area contributed by atoms with Crippen LogP contribution in [0.3, 0.4) is 0 Å². The highest BCUT2D eigenvalue weighted by molar-refractivity contribution is 5.30. The Kier molecular flexibility index (Phi) is 4.22. The summed E-state index contributed by atoms with van der Waals surface area (Å²) in [6, 6.07) is 6.45. The predicted molar refractivity (Wildman–Crippen MR) is 72.7 cm³/mol. The first-order valence-corrected chi connectivity index (χ1v) is 5.96. The molecule has 0 atom stereocenters. The normalized spacial score (nSPS) is 11.1. The lowest BCUT2D eigenvalue weighted by atomic mass is 10.1. The van der Waals surface area contributed by atoms with E-state index in [1.165, 1.54) is 16.7 Å². The molecule has 94 valence electrons. The number of hydrogen-bond donors (Lipinski definition) is 1. The number of ether oxygens (including phenoxy) is 1. The lowest BCUT2D eigenvalue weighted by Crippen LogP contribution is -2.25. The van der Waals surface area contributed by atoms with E-state index in [-0.39, 0.29) is 5.60 Å².